The van der Waals surface area contributed by atoms with Crippen molar-refractivity contribution in [3.8, 4) is 0 Å². The van der Waals surface area contributed by atoms with Gasteiger partial charge >= 0.3 is 12.1 Å². The SMILES string of the molecule is CCn1nnc([C@H]2O[C@@H](n3cnc4c(NCC(c5ccccc5)c5ccccc5)nc(NC5CCSCC5)nc43)[C@H](OC(=O)C(F)(F)F)[C@@H]2O)n1. The molecule has 3 N–H and O–H groups in total. The third kappa shape index (κ3) is 7.48. The normalized spacial score (nSPS) is 21.3. The zero-order valence-electron chi connectivity index (χ0n) is 27.3. The Labute approximate surface area is 294 Å². The maximum absolute atomic E-state index is 13.5. The molecule has 2 aliphatic heterocycles. The lowest BCUT2D eigenvalue weighted by molar-refractivity contribution is -0.211. The van der Waals surface area contributed by atoms with E-state index in [0.29, 0.717) is 18.9 Å². The molecule has 2 saturated heterocycles. The Hall–Kier alpha value is -4.81. The van der Waals surface area contributed by atoms with Gasteiger partial charge in [0, 0.05) is 18.5 Å². The highest BCUT2D eigenvalue weighted by atomic mass is 32.2. The second kappa shape index (κ2) is 14.8. The van der Waals surface area contributed by atoms with Crippen LogP contribution in [0, 0.1) is 0 Å². The lowest BCUT2D eigenvalue weighted by Crippen LogP contribution is -2.38. The monoisotopic (exact) mass is 724 g/mol. The van der Waals surface area contributed by atoms with Crippen LogP contribution >= 0.6 is 11.8 Å². The number of ether oxygens (including phenoxy) is 2. The van der Waals surface area contributed by atoms with Crippen LogP contribution in [-0.4, -0.2) is 93.3 Å². The molecule has 0 spiro atoms. The third-order valence-corrected chi connectivity index (χ3v) is 9.87. The van der Waals surface area contributed by atoms with Crippen molar-refractivity contribution in [2.75, 3.05) is 28.7 Å². The number of benzene rings is 2. The van der Waals surface area contributed by atoms with Crippen molar-refractivity contribution in [2.45, 2.75) is 69.0 Å². The van der Waals surface area contributed by atoms with Gasteiger partial charge in [-0.15, -0.1) is 10.2 Å². The number of imidazole rings is 1. The van der Waals surface area contributed by atoms with E-state index in [0.717, 1.165) is 35.5 Å². The summed E-state index contributed by atoms with van der Waals surface area (Å²) in [6, 6.07) is 20.1. The Morgan fingerprint density at radius 2 is 1.76 bits per heavy atom. The van der Waals surface area contributed by atoms with E-state index in [2.05, 4.69) is 31.0 Å². The first-order chi connectivity index (χ1) is 24.7. The predicted octanol–water partition coefficient (Wildman–Crippen LogP) is 4.49. The molecular formula is C33H35F3N10O4S. The second-order valence-corrected chi connectivity index (χ2v) is 13.4. The van der Waals surface area contributed by atoms with Gasteiger partial charge in [-0.1, -0.05) is 60.7 Å². The number of halogens is 3. The number of aliphatic hydroxyl groups excluding tert-OH is 1. The average Bonchev–Trinajstić information content (AvgIpc) is 3.87. The Kier molecular flexibility index (Phi) is 10.1. The molecule has 0 unspecified atom stereocenters. The van der Waals surface area contributed by atoms with Gasteiger partial charge in [0.05, 0.1) is 12.9 Å². The van der Waals surface area contributed by atoms with Crippen molar-refractivity contribution in [2.24, 2.45) is 0 Å². The minimum Gasteiger partial charge on any atom is -0.448 e. The summed E-state index contributed by atoms with van der Waals surface area (Å²) in [4.78, 5) is 27.4. The number of anilines is 2. The molecule has 4 atom stereocenters. The minimum atomic E-state index is -5.33. The molecule has 18 heteroatoms. The van der Waals surface area contributed by atoms with E-state index in [1.54, 1.807) is 6.92 Å². The van der Waals surface area contributed by atoms with E-state index < -0.39 is 36.7 Å². The standard InChI is InChI=1S/C33H35F3N10O4S/c1-2-46-43-28(42-44-46)25-24(47)26(50-31(48)33(34,35)36)30(49-25)45-18-38-23-27(40-32(41-29(23)45)39-21-13-15-51-16-14-21)37-17-22(19-9-5-3-6-10-19)20-11-7-4-8-12-20/h3-12,18,21-22,24-26,30,47H,2,13-17H2,1H3,(H2,37,39,40,41)/t24-,25+,26-,30-/m1/s1. The molecule has 0 bridgehead atoms. The number of thioether (sulfide) groups is 1. The van der Waals surface area contributed by atoms with Gasteiger partial charge in [0.2, 0.25) is 11.8 Å². The summed E-state index contributed by atoms with van der Waals surface area (Å²) >= 11 is 1.87. The lowest BCUT2D eigenvalue weighted by Gasteiger charge is -2.24. The number of carbonyl (C=O) groups is 1. The molecule has 0 aliphatic carbocycles. The first-order valence-electron chi connectivity index (χ1n) is 16.5. The summed E-state index contributed by atoms with van der Waals surface area (Å²) in [6.07, 6.45) is -8.76. The number of esters is 1. The Balaban J connectivity index is 1.28. The van der Waals surface area contributed by atoms with Gasteiger partial charge in [-0.2, -0.15) is 39.7 Å². The number of hydrogen-bond donors (Lipinski definition) is 3. The predicted molar refractivity (Wildman–Crippen MR) is 181 cm³/mol. The van der Waals surface area contributed by atoms with Gasteiger partial charge < -0.3 is 25.2 Å². The van der Waals surface area contributed by atoms with Crippen molar-refractivity contribution in [1.82, 2.24) is 39.7 Å². The van der Waals surface area contributed by atoms with Gasteiger partial charge in [-0.3, -0.25) is 4.57 Å². The van der Waals surface area contributed by atoms with Crippen LogP contribution in [0.15, 0.2) is 67.0 Å². The number of aryl methyl sites for hydroxylation is 1. The number of tetrazole rings is 1. The number of alkyl halides is 3. The van der Waals surface area contributed by atoms with Crippen molar-refractivity contribution < 1.29 is 32.5 Å². The number of fused-ring (bicyclic) bond motifs is 1. The molecule has 14 nitrogen and oxygen atoms in total. The van der Waals surface area contributed by atoms with Crippen molar-refractivity contribution in [3.05, 3.63) is 83.9 Å². The van der Waals surface area contributed by atoms with E-state index in [1.807, 2.05) is 72.4 Å². The summed E-state index contributed by atoms with van der Waals surface area (Å²) in [6.45, 7) is 2.52. The molecule has 2 aromatic carbocycles. The number of nitrogens with one attached hydrogen (secondary N) is 2. The number of carbonyl (C=O) groups excluding carboxylic acids is 1. The highest BCUT2D eigenvalue weighted by molar-refractivity contribution is 7.99. The molecule has 3 aromatic heterocycles. The lowest BCUT2D eigenvalue weighted by atomic mass is 9.91. The fourth-order valence-electron chi connectivity index (χ4n) is 6.22. The molecule has 7 rings (SSSR count). The van der Waals surface area contributed by atoms with Crippen LogP contribution in [0.2, 0.25) is 0 Å². The zero-order valence-corrected chi connectivity index (χ0v) is 28.2. The molecule has 5 heterocycles. The minimum absolute atomic E-state index is 0.0736. The number of hydrogen-bond acceptors (Lipinski definition) is 13. The van der Waals surface area contributed by atoms with E-state index in [1.165, 1.54) is 15.7 Å². The number of nitrogens with zero attached hydrogens (tertiary/aromatic N) is 8. The largest absolute Gasteiger partial charge is 0.490 e. The van der Waals surface area contributed by atoms with Crippen molar-refractivity contribution >= 4 is 40.7 Å². The number of rotatable bonds is 11. The van der Waals surface area contributed by atoms with Gasteiger partial charge in [-0.25, -0.2) is 9.78 Å². The summed E-state index contributed by atoms with van der Waals surface area (Å²) < 4.78 is 52.6. The first kappa shape index (κ1) is 34.6. The van der Waals surface area contributed by atoms with Crippen LogP contribution < -0.4 is 10.6 Å². The van der Waals surface area contributed by atoms with E-state index in [4.69, 9.17) is 19.4 Å². The third-order valence-electron chi connectivity index (χ3n) is 8.82. The quantitative estimate of drug-likeness (QED) is 0.163. The van der Waals surface area contributed by atoms with Crippen LogP contribution in [0.5, 0.6) is 0 Å². The molecule has 0 amide bonds. The summed E-state index contributed by atoms with van der Waals surface area (Å²) in [5.74, 6) is -0.0747. The van der Waals surface area contributed by atoms with Gasteiger partial charge in [0.1, 0.15) is 6.10 Å². The maximum atomic E-state index is 13.5. The highest BCUT2D eigenvalue weighted by Gasteiger charge is 2.53. The Bertz CT molecular complexity index is 1900. The fourth-order valence-corrected chi connectivity index (χ4v) is 7.33. The Morgan fingerprint density at radius 1 is 1.08 bits per heavy atom. The number of aromatic nitrogens is 8. The molecule has 2 fully saturated rings. The molecule has 268 valence electrons. The van der Waals surface area contributed by atoms with Crippen LogP contribution in [0.3, 0.4) is 0 Å². The molecule has 0 radical (unpaired) electrons. The van der Waals surface area contributed by atoms with E-state index in [9.17, 15) is 23.1 Å². The zero-order chi connectivity index (χ0) is 35.5. The van der Waals surface area contributed by atoms with Crippen LogP contribution in [-0.2, 0) is 20.8 Å². The van der Waals surface area contributed by atoms with E-state index >= 15 is 0 Å². The van der Waals surface area contributed by atoms with Crippen LogP contribution in [0.1, 0.15) is 55.0 Å². The Morgan fingerprint density at radius 3 is 2.39 bits per heavy atom. The van der Waals surface area contributed by atoms with Crippen molar-refractivity contribution in [1.29, 1.82) is 0 Å². The molecular weight excluding hydrogens is 689 g/mol. The second-order valence-electron chi connectivity index (χ2n) is 12.1. The first-order valence-corrected chi connectivity index (χ1v) is 17.7. The summed E-state index contributed by atoms with van der Waals surface area (Å²) in [7, 11) is 0. The van der Waals surface area contributed by atoms with Crippen LogP contribution in [0.25, 0.3) is 11.2 Å². The van der Waals surface area contributed by atoms with E-state index in [-0.39, 0.29) is 34.9 Å². The fraction of sp³-hybridized carbons (Fsp3) is 0.424. The van der Waals surface area contributed by atoms with Gasteiger partial charge in [0.25, 0.3) is 0 Å². The molecule has 2 aliphatic rings. The summed E-state index contributed by atoms with van der Waals surface area (Å²) in [5, 5.41) is 30.1. The van der Waals surface area contributed by atoms with Crippen LogP contribution in [0.4, 0.5) is 24.9 Å². The van der Waals surface area contributed by atoms with Crippen molar-refractivity contribution in [3.63, 3.8) is 0 Å². The average molecular weight is 725 g/mol. The summed E-state index contributed by atoms with van der Waals surface area (Å²) in [5.41, 5.74) is 2.61. The van der Waals surface area contributed by atoms with Gasteiger partial charge in [0.15, 0.2) is 35.4 Å². The van der Waals surface area contributed by atoms with Gasteiger partial charge in [-0.05, 0) is 47.6 Å². The molecule has 51 heavy (non-hydrogen) atoms. The molecule has 5 aromatic rings. The smallest absolute Gasteiger partial charge is 0.448 e. The number of aliphatic hydroxyl groups is 1. The maximum Gasteiger partial charge on any atom is 0.490 e. The topological polar surface area (TPSA) is 167 Å². The molecule has 0 saturated carbocycles. The highest BCUT2D eigenvalue weighted by Crippen LogP contribution is 2.42.